The number of hydrogen-bond acceptors (Lipinski definition) is 1. The number of nitrogens with zero attached hydrogens (tertiary/aromatic N) is 2. The SMILES string of the molecule is CCn1nc(Br)cc1Br. The van der Waals surface area contributed by atoms with Gasteiger partial charge in [-0.05, 0) is 38.8 Å². The number of aromatic nitrogens is 2. The molecule has 2 nitrogen and oxygen atoms in total. The van der Waals surface area contributed by atoms with Crippen LogP contribution in [0.5, 0.6) is 0 Å². The van der Waals surface area contributed by atoms with Crippen molar-refractivity contribution < 1.29 is 0 Å². The molecule has 0 amide bonds. The summed E-state index contributed by atoms with van der Waals surface area (Å²) >= 11 is 6.61. The quantitative estimate of drug-likeness (QED) is 0.752. The molecule has 9 heavy (non-hydrogen) atoms. The molecule has 0 N–H and O–H groups in total. The normalized spacial score (nSPS) is 10.1. The fourth-order valence-corrected chi connectivity index (χ4v) is 1.85. The molecule has 0 saturated carbocycles. The van der Waals surface area contributed by atoms with Crippen LogP contribution in [0.15, 0.2) is 15.3 Å². The maximum Gasteiger partial charge on any atom is 0.129 e. The molecule has 0 aliphatic rings. The molecule has 0 radical (unpaired) electrons. The lowest BCUT2D eigenvalue weighted by Gasteiger charge is -1.93. The van der Waals surface area contributed by atoms with Crippen molar-refractivity contribution in [2.45, 2.75) is 13.5 Å². The van der Waals surface area contributed by atoms with Gasteiger partial charge in [0.2, 0.25) is 0 Å². The highest BCUT2D eigenvalue weighted by atomic mass is 79.9. The topological polar surface area (TPSA) is 17.8 Å². The first-order valence-corrected chi connectivity index (χ1v) is 4.21. The lowest BCUT2D eigenvalue weighted by molar-refractivity contribution is 0.641. The largest absolute Gasteiger partial charge is 0.258 e. The Labute approximate surface area is 70.5 Å². The van der Waals surface area contributed by atoms with Crippen molar-refractivity contribution >= 4 is 31.9 Å². The smallest absolute Gasteiger partial charge is 0.129 e. The van der Waals surface area contributed by atoms with Crippen molar-refractivity contribution in [1.29, 1.82) is 0 Å². The van der Waals surface area contributed by atoms with E-state index >= 15 is 0 Å². The molecule has 0 aromatic carbocycles. The van der Waals surface area contributed by atoms with Gasteiger partial charge in [0.05, 0.1) is 0 Å². The maximum atomic E-state index is 4.12. The van der Waals surface area contributed by atoms with Gasteiger partial charge in [-0.15, -0.1) is 0 Å². The van der Waals surface area contributed by atoms with Crippen molar-refractivity contribution in [1.82, 2.24) is 9.78 Å². The fraction of sp³-hybridized carbons (Fsp3) is 0.400. The predicted octanol–water partition coefficient (Wildman–Crippen LogP) is 2.43. The molecule has 1 aromatic heterocycles. The molecule has 50 valence electrons. The van der Waals surface area contributed by atoms with Gasteiger partial charge in [0, 0.05) is 12.6 Å². The van der Waals surface area contributed by atoms with E-state index < -0.39 is 0 Å². The predicted molar refractivity (Wildman–Crippen MR) is 43.3 cm³/mol. The van der Waals surface area contributed by atoms with E-state index in [1.807, 2.05) is 17.7 Å². The Morgan fingerprint density at radius 1 is 1.67 bits per heavy atom. The summed E-state index contributed by atoms with van der Waals surface area (Å²) in [6, 6.07) is 1.92. The standard InChI is InChI=1S/C5H6Br2N2/c1-2-9-5(7)3-4(6)8-9/h3H,2H2,1H3. The van der Waals surface area contributed by atoms with E-state index in [2.05, 4.69) is 37.0 Å². The zero-order valence-corrected chi connectivity index (χ0v) is 8.11. The van der Waals surface area contributed by atoms with Gasteiger partial charge >= 0.3 is 0 Å². The molecule has 0 aliphatic carbocycles. The molecule has 0 aliphatic heterocycles. The van der Waals surface area contributed by atoms with Crippen molar-refractivity contribution in [3.8, 4) is 0 Å². The summed E-state index contributed by atoms with van der Waals surface area (Å²) in [5.41, 5.74) is 0. The van der Waals surface area contributed by atoms with Crippen molar-refractivity contribution in [2.75, 3.05) is 0 Å². The van der Waals surface area contributed by atoms with Crippen LogP contribution in [0.25, 0.3) is 0 Å². The second-order valence-corrected chi connectivity index (χ2v) is 3.23. The van der Waals surface area contributed by atoms with E-state index in [9.17, 15) is 0 Å². The van der Waals surface area contributed by atoms with Crippen LogP contribution >= 0.6 is 31.9 Å². The lowest BCUT2D eigenvalue weighted by Crippen LogP contribution is -1.95. The summed E-state index contributed by atoms with van der Waals surface area (Å²) in [5, 5.41) is 4.12. The van der Waals surface area contributed by atoms with Gasteiger partial charge in [-0.1, -0.05) is 0 Å². The van der Waals surface area contributed by atoms with Crippen molar-refractivity contribution in [3.63, 3.8) is 0 Å². The van der Waals surface area contributed by atoms with Crippen molar-refractivity contribution in [2.24, 2.45) is 0 Å². The number of halogens is 2. The maximum absolute atomic E-state index is 4.12. The molecule has 0 atom stereocenters. The Balaban J connectivity index is 3.01. The third kappa shape index (κ3) is 1.55. The Hall–Kier alpha value is 0.170. The first kappa shape index (κ1) is 7.28. The first-order valence-electron chi connectivity index (χ1n) is 2.63. The van der Waals surface area contributed by atoms with Gasteiger partial charge < -0.3 is 0 Å². The minimum absolute atomic E-state index is 0.872. The third-order valence-electron chi connectivity index (χ3n) is 1.00. The monoisotopic (exact) mass is 252 g/mol. The molecule has 1 rings (SSSR count). The number of aryl methyl sites for hydroxylation is 1. The van der Waals surface area contributed by atoms with Crippen LogP contribution in [0.2, 0.25) is 0 Å². The van der Waals surface area contributed by atoms with Gasteiger partial charge in [-0.3, -0.25) is 4.68 Å². The second-order valence-electron chi connectivity index (χ2n) is 1.61. The summed E-state index contributed by atoms with van der Waals surface area (Å²) in [6.45, 7) is 2.94. The summed E-state index contributed by atoms with van der Waals surface area (Å²) in [4.78, 5) is 0. The molecule has 0 unspecified atom stereocenters. The Kier molecular flexibility index (Phi) is 2.29. The lowest BCUT2D eigenvalue weighted by atomic mass is 10.7. The van der Waals surface area contributed by atoms with Crippen LogP contribution in [-0.2, 0) is 6.54 Å². The molecular weight excluding hydrogens is 248 g/mol. The fourth-order valence-electron chi connectivity index (χ4n) is 0.587. The molecule has 0 spiro atoms. The molecule has 0 fully saturated rings. The average Bonchev–Trinajstić information content (AvgIpc) is 2.10. The van der Waals surface area contributed by atoms with E-state index in [1.165, 1.54) is 0 Å². The Bertz CT molecular complexity index is 207. The molecule has 1 aromatic rings. The molecule has 0 bridgehead atoms. The van der Waals surface area contributed by atoms with Crippen LogP contribution in [0.4, 0.5) is 0 Å². The minimum atomic E-state index is 0.872. The Morgan fingerprint density at radius 2 is 2.33 bits per heavy atom. The summed E-state index contributed by atoms with van der Waals surface area (Å²) < 4.78 is 3.75. The third-order valence-corrected chi connectivity index (χ3v) is 2.03. The van der Waals surface area contributed by atoms with Crippen LogP contribution in [0.1, 0.15) is 6.92 Å². The highest BCUT2D eigenvalue weighted by molar-refractivity contribution is 9.11. The highest BCUT2D eigenvalue weighted by Gasteiger charge is 1.98. The van der Waals surface area contributed by atoms with Crippen LogP contribution in [0.3, 0.4) is 0 Å². The zero-order valence-electron chi connectivity index (χ0n) is 4.93. The first-order chi connectivity index (χ1) is 4.24. The van der Waals surface area contributed by atoms with Gasteiger partial charge in [-0.25, -0.2) is 0 Å². The van der Waals surface area contributed by atoms with E-state index in [1.54, 1.807) is 0 Å². The van der Waals surface area contributed by atoms with Crippen molar-refractivity contribution in [3.05, 3.63) is 15.3 Å². The molecule has 1 heterocycles. The second kappa shape index (κ2) is 2.84. The van der Waals surface area contributed by atoms with E-state index in [0.29, 0.717) is 0 Å². The van der Waals surface area contributed by atoms with E-state index in [4.69, 9.17) is 0 Å². The van der Waals surface area contributed by atoms with Crippen LogP contribution < -0.4 is 0 Å². The Morgan fingerprint density at radius 3 is 2.56 bits per heavy atom. The van der Waals surface area contributed by atoms with Gasteiger partial charge in [0.1, 0.15) is 9.21 Å². The molecular formula is C5H6Br2N2. The minimum Gasteiger partial charge on any atom is -0.258 e. The van der Waals surface area contributed by atoms with Crippen LogP contribution in [0, 0.1) is 0 Å². The highest BCUT2D eigenvalue weighted by Crippen LogP contribution is 2.15. The van der Waals surface area contributed by atoms with Crippen LogP contribution in [-0.4, -0.2) is 9.78 Å². The van der Waals surface area contributed by atoms with Gasteiger partial charge in [0.15, 0.2) is 0 Å². The summed E-state index contributed by atoms with van der Waals surface area (Å²) in [6.07, 6.45) is 0. The van der Waals surface area contributed by atoms with Gasteiger partial charge in [-0.2, -0.15) is 5.10 Å². The summed E-state index contributed by atoms with van der Waals surface area (Å²) in [5.74, 6) is 0. The zero-order chi connectivity index (χ0) is 6.85. The molecule has 0 saturated heterocycles. The van der Waals surface area contributed by atoms with E-state index in [-0.39, 0.29) is 0 Å². The molecule has 4 heteroatoms. The summed E-state index contributed by atoms with van der Waals surface area (Å²) in [7, 11) is 0. The average molecular weight is 254 g/mol. The van der Waals surface area contributed by atoms with Gasteiger partial charge in [0.25, 0.3) is 0 Å². The van der Waals surface area contributed by atoms with E-state index in [0.717, 1.165) is 15.8 Å². The number of hydrogen-bond donors (Lipinski definition) is 0. The number of rotatable bonds is 1.